The number of hydrogen-bond donors (Lipinski definition) is 2. The number of pyridine rings is 1. The van der Waals surface area contributed by atoms with E-state index in [4.69, 9.17) is 15.1 Å². The Morgan fingerprint density at radius 1 is 1.67 bits per heavy atom. The monoisotopic (exact) mass is 247 g/mol. The third kappa shape index (κ3) is 2.96. The van der Waals surface area contributed by atoms with Crippen LogP contribution in [-0.4, -0.2) is 34.8 Å². The van der Waals surface area contributed by atoms with Gasteiger partial charge in [0.1, 0.15) is 5.82 Å². The van der Waals surface area contributed by atoms with Gasteiger partial charge in [0, 0.05) is 12.7 Å². The second-order valence-electron chi connectivity index (χ2n) is 4.08. The molecule has 0 radical (unpaired) electrons. The fraction of sp³-hybridized carbons (Fsp3) is 0.417. The standard InChI is InChI=1S/C12H13N3O3/c13-6-8-3-4-14-11(5-8)15-7-9-1-2-10(18-9)12(16)17/h3-5,9-10H,1-2,7H2,(H,14,15)(H,16,17). The van der Waals surface area contributed by atoms with E-state index in [2.05, 4.69) is 10.3 Å². The van der Waals surface area contributed by atoms with Crippen molar-refractivity contribution < 1.29 is 14.6 Å². The van der Waals surface area contributed by atoms with Crippen LogP contribution in [0.4, 0.5) is 5.82 Å². The maximum Gasteiger partial charge on any atom is 0.332 e. The lowest BCUT2D eigenvalue weighted by Gasteiger charge is -2.12. The molecular weight excluding hydrogens is 234 g/mol. The number of nitrogens with zero attached hydrogens (tertiary/aromatic N) is 2. The Hall–Kier alpha value is -2.13. The van der Waals surface area contributed by atoms with Crippen molar-refractivity contribution in [3.8, 4) is 6.07 Å². The summed E-state index contributed by atoms with van der Waals surface area (Å²) in [6, 6.07) is 5.29. The number of carbonyl (C=O) groups is 1. The van der Waals surface area contributed by atoms with Crippen LogP contribution in [0.3, 0.4) is 0 Å². The quantitative estimate of drug-likeness (QED) is 0.824. The molecule has 1 aromatic heterocycles. The Balaban J connectivity index is 1.85. The topological polar surface area (TPSA) is 95.2 Å². The fourth-order valence-corrected chi connectivity index (χ4v) is 1.85. The Morgan fingerprint density at radius 3 is 3.17 bits per heavy atom. The first-order chi connectivity index (χ1) is 8.69. The van der Waals surface area contributed by atoms with Crippen molar-refractivity contribution in [2.75, 3.05) is 11.9 Å². The number of nitriles is 1. The molecule has 18 heavy (non-hydrogen) atoms. The number of carboxylic acids is 1. The van der Waals surface area contributed by atoms with Gasteiger partial charge in [-0.2, -0.15) is 5.26 Å². The van der Waals surface area contributed by atoms with Crippen LogP contribution in [0.1, 0.15) is 18.4 Å². The number of nitrogens with one attached hydrogen (secondary N) is 1. The first-order valence-corrected chi connectivity index (χ1v) is 5.67. The van der Waals surface area contributed by atoms with Crippen LogP contribution >= 0.6 is 0 Å². The first-order valence-electron chi connectivity index (χ1n) is 5.67. The summed E-state index contributed by atoms with van der Waals surface area (Å²) in [5, 5.41) is 20.6. The molecular formula is C12H13N3O3. The minimum atomic E-state index is -0.915. The molecule has 0 aliphatic carbocycles. The van der Waals surface area contributed by atoms with Crippen LogP contribution in [-0.2, 0) is 9.53 Å². The number of ether oxygens (including phenoxy) is 1. The maximum absolute atomic E-state index is 10.7. The fourth-order valence-electron chi connectivity index (χ4n) is 1.85. The molecule has 2 atom stereocenters. The van der Waals surface area contributed by atoms with E-state index in [-0.39, 0.29) is 6.10 Å². The Bertz CT molecular complexity index is 484. The zero-order valence-electron chi connectivity index (χ0n) is 9.67. The van der Waals surface area contributed by atoms with Crippen LogP contribution < -0.4 is 5.32 Å². The number of aromatic nitrogens is 1. The highest BCUT2D eigenvalue weighted by Gasteiger charge is 2.30. The SMILES string of the molecule is N#Cc1ccnc(NCC2CCC(C(=O)O)O2)c1. The van der Waals surface area contributed by atoms with E-state index in [1.54, 1.807) is 18.3 Å². The van der Waals surface area contributed by atoms with Gasteiger partial charge in [-0.25, -0.2) is 9.78 Å². The van der Waals surface area contributed by atoms with Crippen LogP contribution in [0.2, 0.25) is 0 Å². The number of carboxylic acid groups (broad SMARTS) is 1. The molecule has 2 unspecified atom stereocenters. The minimum Gasteiger partial charge on any atom is -0.479 e. The lowest BCUT2D eigenvalue weighted by Crippen LogP contribution is -2.24. The third-order valence-electron chi connectivity index (χ3n) is 2.78. The van der Waals surface area contributed by atoms with E-state index in [0.717, 1.165) is 0 Å². The summed E-state index contributed by atoms with van der Waals surface area (Å²) in [6.07, 6.45) is 1.97. The molecule has 1 fully saturated rings. The molecule has 1 aliphatic heterocycles. The van der Waals surface area contributed by atoms with E-state index in [0.29, 0.717) is 30.8 Å². The molecule has 2 heterocycles. The maximum atomic E-state index is 10.7. The molecule has 0 amide bonds. The predicted molar refractivity (Wildman–Crippen MR) is 63.0 cm³/mol. The summed E-state index contributed by atoms with van der Waals surface area (Å²) in [7, 11) is 0. The van der Waals surface area contributed by atoms with E-state index >= 15 is 0 Å². The lowest BCUT2D eigenvalue weighted by molar-refractivity contribution is -0.149. The van der Waals surface area contributed by atoms with Gasteiger partial charge in [-0.15, -0.1) is 0 Å². The minimum absolute atomic E-state index is 0.126. The van der Waals surface area contributed by atoms with Crippen LogP contribution in [0.15, 0.2) is 18.3 Å². The molecule has 0 aromatic carbocycles. The van der Waals surface area contributed by atoms with Gasteiger partial charge in [-0.05, 0) is 25.0 Å². The van der Waals surface area contributed by atoms with Crippen LogP contribution in [0.5, 0.6) is 0 Å². The largest absolute Gasteiger partial charge is 0.479 e. The average Bonchev–Trinajstić information content (AvgIpc) is 2.85. The number of rotatable bonds is 4. The Morgan fingerprint density at radius 2 is 2.50 bits per heavy atom. The van der Waals surface area contributed by atoms with Gasteiger partial charge >= 0.3 is 5.97 Å². The van der Waals surface area contributed by atoms with Crippen LogP contribution in [0.25, 0.3) is 0 Å². The predicted octanol–water partition coefficient (Wildman–Crippen LogP) is 0.997. The summed E-state index contributed by atoms with van der Waals surface area (Å²) in [5.74, 6) is -0.321. The zero-order valence-corrected chi connectivity index (χ0v) is 9.67. The normalized spacial score (nSPS) is 22.4. The summed E-state index contributed by atoms with van der Waals surface area (Å²) in [4.78, 5) is 14.8. The van der Waals surface area contributed by atoms with Gasteiger partial charge in [0.15, 0.2) is 6.10 Å². The summed E-state index contributed by atoms with van der Waals surface area (Å²) < 4.78 is 5.35. The highest BCUT2D eigenvalue weighted by atomic mass is 16.5. The number of anilines is 1. The molecule has 6 heteroatoms. The lowest BCUT2D eigenvalue weighted by atomic mass is 10.2. The van der Waals surface area contributed by atoms with Crippen molar-refractivity contribution >= 4 is 11.8 Å². The molecule has 0 bridgehead atoms. The van der Waals surface area contributed by atoms with Crippen molar-refractivity contribution in [2.24, 2.45) is 0 Å². The van der Waals surface area contributed by atoms with Gasteiger partial charge in [-0.3, -0.25) is 0 Å². The Kier molecular flexibility index (Phi) is 3.75. The van der Waals surface area contributed by atoms with Crippen molar-refractivity contribution in [1.29, 1.82) is 5.26 Å². The van der Waals surface area contributed by atoms with E-state index in [1.807, 2.05) is 6.07 Å². The van der Waals surface area contributed by atoms with Gasteiger partial charge in [0.2, 0.25) is 0 Å². The second kappa shape index (κ2) is 5.47. The molecule has 1 aromatic rings. The van der Waals surface area contributed by atoms with Gasteiger partial charge < -0.3 is 15.2 Å². The number of aliphatic carboxylic acids is 1. The van der Waals surface area contributed by atoms with Crippen molar-refractivity contribution in [3.63, 3.8) is 0 Å². The van der Waals surface area contributed by atoms with E-state index in [9.17, 15) is 4.79 Å². The summed E-state index contributed by atoms with van der Waals surface area (Å²) in [6.45, 7) is 0.492. The van der Waals surface area contributed by atoms with Gasteiger partial charge in [-0.1, -0.05) is 0 Å². The van der Waals surface area contributed by atoms with Crippen molar-refractivity contribution in [3.05, 3.63) is 23.9 Å². The molecule has 6 nitrogen and oxygen atoms in total. The molecule has 0 saturated carbocycles. The van der Waals surface area contributed by atoms with Crippen LogP contribution in [0, 0.1) is 11.3 Å². The zero-order chi connectivity index (χ0) is 13.0. The third-order valence-corrected chi connectivity index (χ3v) is 2.78. The van der Waals surface area contributed by atoms with Crippen molar-refractivity contribution in [2.45, 2.75) is 25.0 Å². The molecule has 2 rings (SSSR count). The first kappa shape index (κ1) is 12.3. The number of hydrogen-bond acceptors (Lipinski definition) is 5. The average molecular weight is 247 g/mol. The molecule has 1 saturated heterocycles. The highest BCUT2D eigenvalue weighted by molar-refractivity contribution is 5.72. The van der Waals surface area contributed by atoms with Crippen molar-refractivity contribution in [1.82, 2.24) is 4.98 Å². The molecule has 0 spiro atoms. The second-order valence-corrected chi connectivity index (χ2v) is 4.08. The van der Waals surface area contributed by atoms with E-state index in [1.165, 1.54) is 0 Å². The molecule has 2 N–H and O–H groups in total. The van der Waals surface area contributed by atoms with Gasteiger partial charge in [0.25, 0.3) is 0 Å². The smallest absolute Gasteiger partial charge is 0.332 e. The summed E-state index contributed by atoms with van der Waals surface area (Å²) in [5.41, 5.74) is 0.531. The molecule has 1 aliphatic rings. The van der Waals surface area contributed by atoms with E-state index < -0.39 is 12.1 Å². The van der Waals surface area contributed by atoms with Gasteiger partial charge in [0.05, 0.1) is 17.7 Å². The molecule has 94 valence electrons. The summed E-state index contributed by atoms with van der Waals surface area (Å²) >= 11 is 0. The highest BCUT2D eigenvalue weighted by Crippen LogP contribution is 2.20. The Labute approximate surface area is 104 Å².